The van der Waals surface area contributed by atoms with Crippen LogP contribution < -0.4 is 10.1 Å². The number of hydrogen-bond donors (Lipinski definition) is 1. The summed E-state index contributed by atoms with van der Waals surface area (Å²) in [6.07, 6.45) is 0. The summed E-state index contributed by atoms with van der Waals surface area (Å²) in [5.74, 6) is 0.867. The van der Waals surface area contributed by atoms with Gasteiger partial charge in [0.25, 0.3) is 0 Å². The molecule has 5 heteroatoms. The molecule has 0 amide bonds. The van der Waals surface area contributed by atoms with Gasteiger partial charge in [0.15, 0.2) is 0 Å². The zero-order valence-corrected chi connectivity index (χ0v) is 13.2. The molecule has 1 rings (SSSR count). The van der Waals surface area contributed by atoms with Gasteiger partial charge in [0.05, 0.1) is 19.8 Å². The van der Waals surface area contributed by atoms with Crippen molar-refractivity contribution in [2.75, 3.05) is 40.1 Å². The molecule has 0 fully saturated rings. The second-order valence-corrected chi connectivity index (χ2v) is 4.84. The van der Waals surface area contributed by atoms with Gasteiger partial charge in [0, 0.05) is 18.1 Å². The average molecular weight is 332 g/mol. The molecule has 0 heterocycles. The Balaban J connectivity index is 2.33. The van der Waals surface area contributed by atoms with E-state index in [0.717, 1.165) is 23.3 Å². The highest BCUT2D eigenvalue weighted by molar-refractivity contribution is 9.10. The van der Waals surface area contributed by atoms with Crippen LogP contribution in [0.2, 0.25) is 0 Å². The largest absolute Gasteiger partial charge is 0.491 e. The highest BCUT2D eigenvalue weighted by Crippen LogP contribution is 2.22. The second kappa shape index (κ2) is 10.2. The fourth-order valence-corrected chi connectivity index (χ4v) is 1.89. The normalized spacial score (nSPS) is 10.7. The zero-order valence-electron chi connectivity index (χ0n) is 11.6. The van der Waals surface area contributed by atoms with Gasteiger partial charge in [-0.25, -0.2) is 0 Å². The Hall–Kier alpha value is -0.620. The van der Waals surface area contributed by atoms with Crippen molar-refractivity contribution < 1.29 is 14.2 Å². The monoisotopic (exact) mass is 331 g/mol. The van der Waals surface area contributed by atoms with E-state index in [1.807, 2.05) is 18.2 Å². The number of hydrogen-bond acceptors (Lipinski definition) is 4. The molecule has 0 saturated carbocycles. The summed E-state index contributed by atoms with van der Waals surface area (Å²) in [5, 5.41) is 3.30. The van der Waals surface area contributed by atoms with E-state index in [-0.39, 0.29) is 0 Å². The van der Waals surface area contributed by atoms with Crippen LogP contribution in [-0.2, 0) is 16.0 Å². The van der Waals surface area contributed by atoms with Gasteiger partial charge in [-0.05, 0) is 30.3 Å². The van der Waals surface area contributed by atoms with Crippen LogP contribution in [0.25, 0.3) is 0 Å². The smallest absolute Gasteiger partial charge is 0.119 e. The second-order valence-electron chi connectivity index (χ2n) is 3.99. The molecular formula is C14H22BrNO3. The molecule has 0 aliphatic carbocycles. The predicted molar refractivity (Wildman–Crippen MR) is 79.7 cm³/mol. The third kappa shape index (κ3) is 6.92. The highest BCUT2D eigenvalue weighted by Gasteiger charge is 2.02. The number of methoxy groups -OCH3 is 1. The van der Waals surface area contributed by atoms with E-state index >= 15 is 0 Å². The van der Waals surface area contributed by atoms with Crippen molar-refractivity contribution in [2.24, 2.45) is 0 Å². The van der Waals surface area contributed by atoms with Gasteiger partial charge in [-0.15, -0.1) is 0 Å². The lowest BCUT2D eigenvalue weighted by atomic mass is 10.2. The van der Waals surface area contributed by atoms with Gasteiger partial charge in [-0.1, -0.05) is 22.9 Å². The van der Waals surface area contributed by atoms with Crippen molar-refractivity contribution in [2.45, 2.75) is 13.5 Å². The van der Waals surface area contributed by atoms with Crippen molar-refractivity contribution in [1.29, 1.82) is 0 Å². The zero-order chi connectivity index (χ0) is 13.9. The van der Waals surface area contributed by atoms with E-state index in [1.54, 1.807) is 7.11 Å². The van der Waals surface area contributed by atoms with Gasteiger partial charge in [0.1, 0.15) is 12.4 Å². The average Bonchev–Trinajstić information content (AvgIpc) is 2.43. The first kappa shape index (κ1) is 16.4. The fraction of sp³-hybridized carbons (Fsp3) is 0.571. The summed E-state index contributed by atoms with van der Waals surface area (Å²) in [5.41, 5.74) is 1.19. The molecule has 0 spiro atoms. The molecule has 1 aromatic rings. The molecule has 108 valence electrons. The molecular weight excluding hydrogens is 310 g/mol. The van der Waals surface area contributed by atoms with Gasteiger partial charge < -0.3 is 19.5 Å². The molecule has 0 radical (unpaired) electrons. The molecule has 0 unspecified atom stereocenters. The topological polar surface area (TPSA) is 39.7 Å². The SMILES string of the molecule is CCNCc1cc(OCCOCCOC)ccc1Br. The minimum atomic E-state index is 0.548. The van der Waals surface area contributed by atoms with E-state index in [0.29, 0.717) is 26.4 Å². The Bertz CT molecular complexity index is 361. The van der Waals surface area contributed by atoms with Crippen LogP contribution >= 0.6 is 15.9 Å². The standard InChI is InChI=1S/C14H22BrNO3/c1-3-16-11-12-10-13(4-5-14(12)15)19-9-8-18-7-6-17-2/h4-5,10,16H,3,6-9,11H2,1-2H3. The van der Waals surface area contributed by atoms with Crippen LogP contribution in [0, 0.1) is 0 Å². The molecule has 0 aliphatic rings. The first-order valence-electron chi connectivity index (χ1n) is 6.46. The maximum atomic E-state index is 5.65. The van der Waals surface area contributed by atoms with Gasteiger partial charge in [-0.3, -0.25) is 0 Å². The lowest BCUT2D eigenvalue weighted by molar-refractivity contribution is 0.0544. The summed E-state index contributed by atoms with van der Waals surface area (Å²) >= 11 is 3.54. The minimum Gasteiger partial charge on any atom is -0.491 e. The Morgan fingerprint density at radius 1 is 1.16 bits per heavy atom. The van der Waals surface area contributed by atoms with Crippen molar-refractivity contribution in [1.82, 2.24) is 5.32 Å². The summed E-state index contributed by atoms with van der Waals surface area (Å²) in [4.78, 5) is 0. The van der Waals surface area contributed by atoms with E-state index < -0.39 is 0 Å². The first-order valence-corrected chi connectivity index (χ1v) is 7.25. The van der Waals surface area contributed by atoms with Gasteiger partial charge >= 0.3 is 0 Å². The maximum Gasteiger partial charge on any atom is 0.119 e. The van der Waals surface area contributed by atoms with Crippen molar-refractivity contribution in [3.8, 4) is 5.75 Å². The molecule has 0 bridgehead atoms. The Kier molecular flexibility index (Phi) is 8.82. The van der Waals surface area contributed by atoms with Crippen LogP contribution in [-0.4, -0.2) is 40.1 Å². The molecule has 0 saturated heterocycles. The third-order valence-electron chi connectivity index (χ3n) is 2.51. The summed E-state index contributed by atoms with van der Waals surface area (Å²) < 4.78 is 17.0. The van der Waals surface area contributed by atoms with Gasteiger partial charge in [0.2, 0.25) is 0 Å². The first-order chi connectivity index (χ1) is 9.27. The van der Waals surface area contributed by atoms with Crippen LogP contribution in [0.3, 0.4) is 0 Å². The molecule has 0 aliphatic heterocycles. The minimum absolute atomic E-state index is 0.548. The van der Waals surface area contributed by atoms with Crippen LogP contribution in [0.5, 0.6) is 5.75 Å². The third-order valence-corrected chi connectivity index (χ3v) is 3.28. The van der Waals surface area contributed by atoms with Crippen molar-refractivity contribution >= 4 is 15.9 Å². The lowest BCUT2D eigenvalue weighted by Crippen LogP contribution is -2.13. The van der Waals surface area contributed by atoms with Crippen LogP contribution in [0.15, 0.2) is 22.7 Å². The number of rotatable bonds is 10. The summed E-state index contributed by atoms with van der Waals surface area (Å²) in [7, 11) is 1.66. The fourth-order valence-electron chi connectivity index (χ4n) is 1.50. The quantitative estimate of drug-likeness (QED) is 0.669. The molecule has 1 N–H and O–H groups in total. The van der Waals surface area contributed by atoms with E-state index in [2.05, 4.69) is 28.2 Å². The number of halogens is 1. The van der Waals surface area contributed by atoms with E-state index in [9.17, 15) is 0 Å². The molecule has 0 aromatic heterocycles. The van der Waals surface area contributed by atoms with Gasteiger partial charge in [-0.2, -0.15) is 0 Å². The predicted octanol–water partition coefficient (Wildman–Crippen LogP) is 2.60. The molecule has 0 atom stereocenters. The van der Waals surface area contributed by atoms with Crippen LogP contribution in [0.1, 0.15) is 12.5 Å². The number of ether oxygens (including phenoxy) is 3. The Morgan fingerprint density at radius 3 is 2.68 bits per heavy atom. The number of nitrogens with one attached hydrogen (secondary N) is 1. The molecule has 1 aromatic carbocycles. The molecule has 4 nitrogen and oxygen atoms in total. The summed E-state index contributed by atoms with van der Waals surface area (Å²) in [6, 6.07) is 6.00. The Labute approximate surface area is 123 Å². The van der Waals surface area contributed by atoms with Crippen molar-refractivity contribution in [3.05, 3.63) is 28.2 Å². The van der Waals surface area contributed by atoms with E-state index in [1.165, 1.54) is 5.56 Å². The number of benzene rings is 1. The van der Waals surface area contributed by atoms with Crippen LogP contribution in [0.4, 0.5) is 0 Å². The lowest BCUT2D eigenvalue weighted by Gasteiger charge is -2.10. The molecule has 19 heavy (non-hydrogen) atoms. The summed E-state index contributed by atoms with van der Waals surface area (Å²) in [6.45, 7) is 6.21. The van der Waals surface area contributed by atoms with Crippen molar-refractivity contribution in [3.63, 3.8) is 0 Å². The highest BCUT2D eigenvalue weighted by atomic mass is 79.9. The Morgan fingerprint density at radius 2 is 1.95 bits per heavy atom. The van der Waals surface area contributed by atoms with E-state index in [4.69, 9.17) is 14.2 Å². The maximum absolute atomic E-state index is 5.65.